The van der Waals surface area contributed by atoms with E-state index in [0.717, 1.165) is 0 Å². The second kappa shape index (κ2) is 5.67. The van der Waals surface area contributed by atoms with Crippen LogP contribution in [0.3, 0.4) is 0 Å². The molecule has 1 N–H and O–H groups in total. The van der Waals surface area contributed by atoms with E-state index in [4.69, 9.17) is 27.9 Å². The molecule has 1 unspecified atom stereocenters. The quantitative estimate of drug-likeness (QED) is 0.797. The maximum Gasteiger partial charge on any atom is 0.343 e. The Hall–Kier alpha value is -1.97. The largest absolute Gasteiger partial charge is 0.507 e. The fourth-order valence-electron chi connectivity index (χ4n) is 2.56. The topological polar surface area (TPSA) is 46.5 Å². The molecule has 1 aliphatic heterocycles. The number of carbonyl (C=O) groups excluding carboxylic acids is 1. The first-order chi connectivity index (χ1) is 10.5. The minimum atomic E-state index is -0.810. The summed E-state index contributed by atoms with van der Waals surface area (Å²) in [6, 6.07) is 12.3. The average Bonchev–Trinajstić information content (AvgIpc) is 2.75. The lowest BCUT2D eigenvalue weighted by atomic mass is 9.98. The Morgan fingerprint density at radius 1 is 1.14 bits per heavy atom. The second-order valence-corrected chi connectivity index (χ2v) is 5.88. The van der Waals surface area contributed by atoms with E-state index in [0.29, 0.717) is 26.7 Å². The van der Waals surface area contributed by atoms with Gasteiger partial charge in [-0.15, -0.1) is 0 Å². The van der Waals surface area contributed by atoms with E-state index in [-0.39, 0.29) is 11.3 Å². The maximum absolute atomic E-state index is 12.2. The molecule has 0 spiro atoms. The molecule has 0 bridgehead atoms. The predicted octanol–water partition coefficient (Wildman–Crippen LogP) is 4.87. The fourth-order valence-corrected chi connectivity index (χ4v) is 3.25. The predicted molar refractivity (Wildman–Crippen MR) is 86.0 cm³/mol. The number of carbonyl (C=O) groups is 1. The van der Waals surface area contributed by atoms with Crippen LogP contribution in [0.15, 0.2) is 48.2 Å². The highest BCUT2D eigenvalue weighted by Crippen LogP contribution is 2.41. The molecule has 22 heavy (non-hydrogen) atoms. The van der Waals surface area contributed by atoms with E-state index in [2.05, 4.69) is 0 Å². The molecule has 1 heterocycles. The van der Waals surface area contributed by atoms with Crippen molar-refractivity contribution in [2.24, 2.45) is 0 Å². The Morgan fingerprint density at radius 3 is 2.45 bits per heavy atom. The second-order valence-electron chi connectivity index (χ2n) is 5.04. The highest BCUT2D eigenvalue weighted by Gasteiger charge is 2.37. The number of esters is 1. The van der Waals surface area contributed by atoms with Gasteiger partial charge in [0.1, 0.15) is 5.57 Å². The summed E-state index contributed by atoms with van der Waals surface area (Å²) < 4.78 is 5.31. The smallest absolute Gasteiger partial charge is 0.343 e. The maximum atomic E-state index is 12.2. The number of halogens is 2. The van der Waals surface area contributed by atoms with Crippen LogP contribution >= 0.6 is 23.2 Å². The zero-order valence-electron chi connectivity index (χ0n) is 11.6. The van der Waals surface area contributed by atoms with Gasteiger partial charge in [0.25, 0.3) is 0 Å². The molecular weight excluding hydrogens is 323 g/mol. The molecule has 0 fully saturated rings. The number of cyclic esters (lactones) is 1. The van der Waals surface area contributed by atoms with Crippen molar-refractivity contribution >= 4 is 34.7 Å². The Morgan fingerprint density at radius 2 is 1.82 bits per heavy atom. The first kappa shape index (κ1) is 14.9. The van der Waals surface area contributed by atoms with E-state index in [1.807, 2.05) is 18.2 Å². The van der Waals surface area contributed by atoms with E-state index in [9.17, 15) is 9.90 Å². The van der Waals surface area contributed by atoms with Crippen LogP contribution in [-0.2, 0) is 9.53 Å². The van der Waals surface area contributed by atoms with Crippen LogP contribution in [0.4, 0.5) is 0 Å². The average molecular weight is 335 g/mol. The van der Waals surface area contributed by atoms with Gasteiger partial charge in [-0.1, -0.05) is 53.5 Å². The molecule has 0 aliphatic carbocycles. The Bertz CT molecular complexity index is 759. The van der Waals surface area contributed by atoms with Gasteiger partial charge in [-0.05, 0) is 24.6 Å². The lowest BCUT2D eigenvalue weighted by Gasteiger charge is -2.10. The van der Waals surface area contributed by atoms with E-state index in [1.54, 1.807) is 25.1 Å². The van der Waals surface area contributed by atoms with Crippen molar-refractivity contribution in [3.63, 3.8) is 0 Å². The van der Waals surface area contributed by atoms with Crippen molar-refractivity contribution in [1.29, 1.82) is 0 Å². The molecule has 2 aromatic rings. The molecule has 5 heteroatoms. The third-order valence-electron chi connectivity index (χ3n) is 3.54. The van der Waals surface area contributed by atoms with Gasteiger partial charge in [0.15, 0.2) is 11.9 Å². The number of hydrogen-bond acceptors (Lipinski definition) is 3. The minimum absolute atomic E-state index is 0.0908. The molecule has 0 aromatic heterocycles. The third-order valence-corrected chi connectivity index (χ3v) is 4.05. The van der Waals surface area contributed by atoms with Crippen molar-refractivity contribution in [3.8, 4) is 0 Å². The summed E-state index contributed by atoms with van der Waals surface area (Å²) >= 11 is 12.1. The van der Waals surface area contributed by atoms with Crippen LogP contribution in [0.2, 0.25) is 10.0 Å². The lowest BCUT2D eigenvalue weighted by molar-refractivity contribution is -0.138. The number of ether oxygens (including phenoxy) is 1. The highest BCUT2D eigenvalue weighted by atomic mass is 35.5. The van der Waals surface area contributed by atoms with E-state index < -0.39 is 12.1 Å². The summed E-state index contributed by atoms with van der Waals surface area (Å²) in [7, 11) is 0. The van der Waals surface area contributed by atoms with Gasteiger partial charge < -0.3 is 9.84 Å². The summed E-state index contributed by atoms with van der Waals surface area (Å²) in [5.41, 5.74) is 1.94. The van der Waals surface area contributed by atoms with E-state index in [1.165, 1.54) is 6.07 Å². The Balaban J connectivity index is 2.14. The minimum Gasteiger partial charge on any atom is -0.507 e. The van der Waals surface area contributed by atoms with Gasteiger partial charge in [0.05, 0.1) is 5.02 Å². The molecule has 1 atom stereocenters. The zero-order valence-corrected chi connectivity index (χ0v) is 13.2. The first-order valence-electron chi connectivity index (χ1n) is 6.64. The molecule has 0 saturated heterocycles. The Labute approximate surface area is 137 Å². The molecule has 112 valence electrons. The SMILES string of the molecule is Cc1cc(Cl)cc(Cl)c1C1=C(O)C(c2ccccc2)OC1=O. The number of benzene rings is 2. The van der Waals surface area contributed by atoms with Crippen LogP contribution in [0.5, 0.6) is 0 Å². The van der Waals surface area contributed by atoms with Gasteiger partial charge in [-0.3, -0.25) is 0 Å². The van der Waals surface area contributed by atoms with Crippen molar-refractivity contribution in [3.05, 3.63) is 75.0 Å². The number of aliphatic hydroxyl groups is 1. The third kappa shape index (κ3) is 2.47. The molecule has 2 aromatic carbocycles. The number of aliphatic hydroxyl groups excluding tert-OH is 1. The van der Waals surface area contributed by atoms with Gasteiger partial charge in [0, 0.05) is 16.1 Å². The Kier molecular flexibility index (Phi) is 3.85. The van der Waals surface area contributed by atoms with Gasteiger partial charge in [-0.2, -0.15) is 0 Å². The summed E-state index contributed by atoms with van der Waals surface area (Å²) in [5, 5.41) is 11.3. The summed E-state index contributed by atoms with van der Waals surface area (Å²) in [5.74, 6) is -0.734. The van der Waals surface area contributed by atoms with Crippen LogP contribution < -0.4 is 0 Å². The summed E-state index contributed by atoms with van der Waals surface area (Å²) in [4.78, 5) is 12.2. The van der Waals surface area contributed by atoms with Crippen molar-refractivity contribution in [1.82, 2.24) is 0 Å². The number of aryl methyl sites for hydroxylation is 1. The van der Waals surface area contributed by atoms with E-state index >= 15 is 0 Å². The van der Waals surface area contributed by atoms with Crippen molar-refractivity contribution < 1.29 is 14.6 Å². The molecule has 1 aliphatic rings. The molecule has 0 amide bonds. The van der Waals surface area contributed by atoms with Gasteiger partial charge >= 0.3 is 5.97 Å². The van der Waals surface area contributed by atoms with Crippen LogP contribution in [0.1, 0.15) is 22.8 Å². The highest BCUT2D eigenvalue weighted by molar-refractivity contribution is 6.37. The number of hydrogen-bond donors (Lipinski definition) is 1. The van der Waals surface area contributed by atoms with Crippen molar-refractivity contribution in [2.75, 3.05) is 0 Å². The lowest BCUT2D eigenvalue weighted by Crippen LogP contribution is -2.03. The van der Waals surface area contributed by atoms with Gasteiger partial charge in [0.2, 0.25) is 0 Å². The van der Waals surface area contributed by atoms with Gasteiger partial charge in [-0.25, -0.2) is 4.79 Å². The van der Waals surface area contributed by atoms with Crippen LogP contribution in [-0.4, -0.2) is 11.1 Å². The normalized spacial score (nSPS) is 17.8. The van der Waals surface area contributed by atoms with Crippen molar-refractivity contribution in [2.45, 2.75) is 13.0 Å². The fraction of sp³-hybridized carbons (Fsp3) is 0.118. The molecule has 3 nitrogen and oxygen atoms in total. The summed E-state index contributed by atoms with van der Waals surface area (Å²) in [6.45, 7) is 1.77. The molecule has 0 saturated carbocycles. The molecule has 3 rings (SSSR count). The van der Waals surface area contributed by atoms with Crippen LogP contribution in [0.25, 0.3) is 5.57 Å². The first-order valence-corrected chi connectivity index (χ1v) is 7.39. The molecular formula is C17H12Cl2O3. The standard InChI is InChI=1S/C17H12Cl2O3/c1-9-7-11(18)8-12(19)13(9)14-15(20)16(22-17(14)21)10-5-3-2-4-6-10/h2-8,16,20H,1H3. The zero-order chi connectivity index (χ0) is 15.9. The monoisotopic (exact) mass is 334 g/mol. The summed E-state index contributed by atoms with van der Waals surface area (Å²) in [6.07, 6.45) is -0.810. The number of rotatable bonds is 2. The molecule has 0 radical (unpaired) electrons. The van der Waals surface area contributed by atoms with Crippen LogP contribution in [0, 0.1) is 6.92 Å².